The van der Waals surface area contributed by atoms with Crippen molar-refractivity contribution in [2.45, 2.75) is 27.4 Å². The summed E-state index contributed by atoms with van der Waals surface area (Å²) in [4.78, 5) is 13.7. The number of aryl methyl sites for hydroxylation is 3. The van der Waals surface area contributed by atoms with Crippen molar-refractivity contribution in [2.75, 3.05) is 26.2 Å². The summed E-state index contributed by atoms with van der Waals surface area (Å²) in [5.41, 5.74) is 4.73. The number of ether oxygens (including phenoxy) is 1. The van der Waals surface area contributed by atoms with Crippen LogP contribution in [-0.2, 0) is 11.3 Å². The molecule has 1 saturated heterocycles. The fraction of sp³-hybridized carbons (Fsp3) is 0.533. The van der Waals surface area contributed by atoms with Crippen LogP contribution in [0.3, 0.4) is 0 Å². The van der Waals surface area contributed by atoms with E-state index in [0.29, 0.717) is 6.61 Å². The molecule has 1 aliphatic rings. The highest BCUT2D eigenvalue weighted by atomic mass is 16.6. The number of carbonyl (C=O) groups excluding carboxylic acids is 1. The normalized spacial score (nSPS) is 15.4. The van der Waals surface area contributed by atoms with E-state index < -0.39 is 0 Å². The van der Waals surface area contributed by atoms with E-state index in [1.807, 2.05) is 0 Å². The van der Waals surface area contributed by atoms with E-state index in [4.69, 9.17) is 4.74 Å². The van der Waals surface area contributed by atoms with Gasteiger partial charge in [0.25, 0.3) is 0 Å². The Hall–Kier alpha value is -1.55. The molecule has 0 aromatic heterocycles. The topological polar surface area (TPSA) is 41.6 Å². The zero-order valence-electron chi connectivity index (χ0n) is 12.0. The van der Waals surface area contributed by atoms with Gasteiger partial charge in [-0.2, -0.15) is 0 Å². The zero-order valence-corrected chi connectivity index (χ0v) is 12.0. The van der Waals surface area contributed by atoms with Gasteiger partial charge in [-0.25, -0.2) is 4.79 Å². The molecule has 1 amide bonds. The molecule has 1 N–H and O–H groups in total. The molecule has 0 aliphatic carbocycles. The lowest BCUT2D eigenvalue weighted by molar-refractivity contribution is 0.0916. The second kappa shape index (κ2) is 6.06. The number of carbonyl (C=O) groups is 1. The monoisotopic (exact) mass is 262 g/mol. The third kappa shape index (κ3) is 3.47. The van der Waals surface area contributed by atoms with E-state index in [-0.39, 0.29) is 6.09 Å². The van der Waals surface area contributed by atoms with Gasteiger partial charge in [-0.05, 0) is 37.5 Å². The average molecular weight is 262 g/mol. The number of amides is 1. The Morgan fingerprint density at radius 3 is 2.37 bits per heavy atom. The smallest absolute Gasteiger partial charge is 0.410 e. The summed E-state index contributed by atoms with van der Waals surface area (Å²) in [5.74, 6) is 0. The van der Waals surface area contributed by atoms with Crippen LogP contribution in [0.1, 0.15) is 22.3 Å². The average Bonchev–Trinajstić information content (AvgIpc) is 2.38. The van der Waals surface area contributed by atoms with Crippen molar-refractivity contribution in [1.82, 2.24) is 10.2 Å². The van der Waals surface area contributed by atoms with Crippen LogP contribution in [0.25, 0.3) is 0 Å². The maximum Gasteiger partial charge on any atom is 0.410 e. The van der Waals surface area contributed by atoms with E-state index in [2.05, 4.69) is 38.2 Å². The largest absolute Gasteiger partial charge is 0.445 e. The predicted molar refractivity (Wildman–Crippen MR) is 75.3 cm³/mol. The molecule has 0 saturated carbocycles. The Morgan fingerprint density at radius 2 is 1.79 bits per heavy atom. The number of hydrogen-bond acceptors (Lipinski definition) is 3. The van der Waals surface area contributed by atoms with Crippen molar-refractivity contribution >= 4 is 6.09 Å². The molecular formula is C15H22N2O2. The van der Waals surface area contributed by atoms with Crippen molar-refractivity contribution in [3.63, 3.8) is 0 Å². The van der Waals surface area contributed by atoms with E-state index in [9.17, 15) is 4.79 Å². The molecule has 0 atom stereocenters. The minimum atomic E-state index is -0.208. The van der Waals surface area contributed by atoms with Crippen LogP contribution < -0.4 is 5.32 Å². The standard InChI is InChI=1S/C15H22N2O2/c1-11-8-12(2)14(13(3)9-11)10-19-15(18)17-6-4-16-5-7-17/h8-9,16H,4-7,10H2,1-3H3. The highest BCUT2D eigenvalue weighted by molar-refractivity contribution is 5.67. The summed E-state index contributed by atoms with van der Waals surface area (Å²) in [6.45, 7) is 9.71. The number of nitrogens with one attached hydrogen (secondary N) is 1. The van der Waals surface area contributed by atoms with Crippen molar-refractivity contribution in [3.05, 3.63) is 34.4 Å². The van der Waals surface area contributed by atoms with Crippen molar-refractivity contribution in [3.8, 4) is 0 Å². The number of nitrogens with zero attached hydrogens (tertiary/aromatic N) is 1. The van der Waals surface area contributed by atoms with Crippen LogP contribution in [0.4, 0.5) is 4.79 Å². The Balaban J connectivity index is 1.96. The SMILES string of the molecule is Cc1cc(C)c(COC(=O)N2CCNCC2)c(C)c1. The van der Waals surface area contributed by atoms with Gasteiger partial charge in [0.15, 0.2) is 0 Å². The lowest BCUT2D eigenvalue weighted by atomic mass is 10.0. The van der Waals surface area contributed by atoms with Gasteiger partial charge in [-0.15, -0.1) is 0 Å². The van der Waals surface area contributed by atoms with Crippen molar-refractivity contribution in [1.29, 1.82) is 0 Å². The number of rotatable bonds is 2. The quantitative estimate of drug-likeness (QED) is 0.888. The molecule has 0 radical (unpaired) electrons. The molecule has 4 nitrogen and oxygen atoms in total. The summed E-state index contributed by atoms with van der Waals surface area (Å²) < 4.78 is 5.43. The van der Waals surface area contributed by atoms with Crippen LogP contribution in [0, 0.1) is 20.8 Å². The second-order valence-corrected chi connectivity index (χ2v) is 5.17. The van der Waals surface area contributed by atoms with Crippen molar-refractivity contribution in [2.24, 2.45) is 0 Å². The van der Waals surface area contributed by atoms with Crippen LogP contribution in [-0.4, -0.2) is 37.2 Å². The molecule has 2 rings (SSSR count). The van der Waals surface area contributed by atoms with Gasteiger partial charge in [0, 0.05) is 26.2 Å². The fourth-order valence-corrected chi connectivity index (χ4v) is 2.51. The number of benzene rings is 1. The lowest BCUT2D eigenvalue weighted by Gasteiger charge is -2.26. The zero-order chi connectivity index (χ0) is 13.8. The molecule has 0 spiro atoms. The van der Waals surface area contributed by atoms with E-state index in [1.54, 1.807) is 4.90 Å². The van der Waals surface area contributed by atoms with Crippen molar-refractivity contribution < 1.29 is 9.53 Å². The van der Waals surface area contributed by atoms with Gasteiger partial charge < -0.3 is 15.0 Å². The Bertz CT molecular complexity index is 442. The molecular weight excluding hydrogens is 240 g/mol. The summed E-state index contributed by atoms with van der Waals surface area (Å²) in [7, 11) is 0. The first-order valence-electron chi connectivity index (χ1n) is 6.77. The predicted octanol–water partition coefficient (Wildman–Crippen LogP) is 2.15. The first-order valence-corrected chi connectivity index (χ1v) is 6.77. The molecule has 1 aromatic rings. The van der Waals surface area contributed by atoms with Crippen LogP contribution in [0.2, 0.25) is 0 Å². The summed E-state index contributed by atoms with van der Waals surface area (Å²) in [5, 5.41) is 3.22. The number of piperazine rings is 1. The van der Waals surface area contributed by atoms with Gasteiger partial charge in [0.2, 0.25) is 0 Å². The van der Waals surface area contributed by atoms with Crippen LogP contribution in [0.5, 0.6) is 0 Å². The Kier molecular flexibility index (Phi) is 4.43. The van der Waals surface area contributed by atoms with Gasteiger partial charge in [-0.1, -0.05) is 17.7 Å². The second-order valence-electron chi connectivity index (χ2n) is 5.17. The Labute approximate surface area is 114 Å². The molecule has 19 heavy (non-hydrogen) atoms. The van der Waals surface area contributed by atoms with Crippen LogP contribution >= 0.6 is 0 Å². The molecule has 1 aromatic carbocycles. The van der Waals surface area contributed by atoms with Gasteiger partial charge in [0.05, 0.1) is 0 Å². The van der Waals surface area contributed by atoms with Crippen LogP contribution in [0.15, 0.2) is 12.1 Å². The van der Waals surface area contributed by atoms with E-state index >= 15 is 0 Å². The Morgan fingerprint density at radius 1 is 1.21 bits per heavy atom. The third-order valence-corrected chi connectivity index (χ3v) is 3.56. The maximum absolute atomic E-state index is 11.9. The summed E-state index contributed by atoms with van der Waals surface area (Å²) in [6.07, 6.45) is -0.208. The molecule has 1 aliphatic heterocycles. The first-order chi connectivity index (χ1) is 9.08. The van der Waals surface area contributed by atoms with E-state index in [0.717, 1.165) is 31.7 Å². The molecule has 1 heterocycles. The fourth-order valence-electron chi connectivity index (χ4n) is 2.51. The van der Waals surface area contributed by atoms with Gasteiger partial charge in [0.1, 0.15) is 6.61 Å². The highest BCUT2D eigenvalue weighted by Gasteiger charge is 2.17. The highest BCUT2D eigenvalue weighted by Crippen LogP contribution is 2.17. The van der Waals surface area contributed by atoms with Gasteiger partial charge in [-0.3, -0.25) is 0 Å². The minimum Gasteiger partial charge on any atom is -0.445 e. The molecule has 0 bridgehead atoms. The molecule has 104 valence electrons. The summed E-state index contributed by atoms with van der Waals surface area (Å²) in [6, 6.07) is 4.25. The minimum absolute atomic E-state index is 0.208. The summed E-state index contributed by atoms with van der Waals surface area (Å²) >= 11 is 0. The first kappa shape index (κ1) is 13.9. The molecule has 1 fully saturated rings. The third-order valence-electron chi connectivity index (χ3n) is 3.56. The lowest BCUT2D eigenvalue weighted by Crippen LogP contribution is -2.46. The maximum atomic E-state index is 11.9. The number of hydrogen-bond donors (Lipinski definition) is 1. The molecule has 4 heteroatoms. The van der Waals surface area contributed by atoms with Gasteiger partial charge >= 0.3 is 6.09 Å². The van der Waals surface area contributed by atoms with E-state index in [1.165, 1.54) is 16.7 Å². The molecule has 0 unspecified atom stereocenters.